The lowest BCUT2D eigenvalue weighted by Crippen LogP contribution is -2.16. The molecule has 0 fully saturated rings. The van der Waals surface area contributed by atoms with Crippen molar-refractivity contribution in [3.63, 3.8) is 0 Å². The fourth-order valence-corrected chi connectivity index (χ4v) is 4.30. The number of aromatic nitrogens is 2. The molecular formula is C23H21N3O4S. The number of amides is 1. The van der Waals surface area contributed by atoms with E-state index in [-0.39, 0.29) is 29.2 Å². The average Bonchev–Trinajstić information content (AvgIpc) is 3.18. The number of pyridine rings is 1. The number of anilines is 1. The van der Waals surface area contributed by atoms with E-state index in [1.165, 1.54) is 23.5 Å². The van der Waals surface area contributed by atoms with Crippen molar-refractivity contribution in [3.8, 4) is 17.2 Å². The summed E-state index contributed by atoms with van der Waals surface area (Å²) in [6, 6.07) is 7.65. The van der Waals surface area contributed by atoms with Crippen LogP contribution in [0.2, 0.25) is 0 Å². The van der Waals surface area contributed by atoms with Crippen LogP contribution in [0.5, 0.6) is 17.2 Å². The molecule has 0 radical (unpaired) electrons. The van der Waals surface area contributed by atoms with Gasteiger partial charge in [0.2, 0.25) is 0 Å². The van der Waals surface area contributed by atoms with Crippen LogP contribution >= 0.6 is 11.3 Å². The Labute approximate surface area is 183 Å². The van der Waals surface area contributed by atoms with Gasteiger partial charge in [-0.1, -0.05) is 12.5 Å². The maximum atomic E-state index is 12.3. The molecule has 158 valence electrons. The van der Waals surface area contributed by atoms with Crippen molar-refractivity contribution in [2.45, 2.75) is 19.8 Å². The fraction of sp³-hybridized carbons (Fsp3) is 0.174. The molecule has 2 aromatic heterocycles. The second-order valence-electron chi connectivity index (χ2n) is 7.31. The molecule has 0 spiro atoms. The largest absolute Gasteiger partial charge is 0.504 e. The number of thiazole rings is 1. The predicted octanol–water partition coefficient (Wildman–Crippen LogP) is 4.84. The van der Waals surface area contributed by atoms with E-state index in [0.29, 0.717) is 22.2 Å². The average molecular weight is 436 g/mol. The zero-order chi connectivity index (χ0) is 22.0. The van der Waals surface area contributed by atoms with Crippen LogP contribution in [0.15, 0.2) is 71.6 Å². The Hall–Kier alpha value is -3.65. The van der Waals surface area contributed by atoms with Gasteiger partial charge in [-0.25, -0.2) is 4.98 Å². The van der Waals surface area contributed by atoms with Crippen LogP contribution in [0.3, 0.4) is 0 Å². The van der Waals surface area contributed by atoms with Crippen molar-refractivity contribution in [2.24, 2.45) is 5.92 Å². The quantitative estimate of drug-likeness (QED) is 0.495. The molecule has 2 unspecified atom stereocenters. The summed E-state index contributed by atoms with van der Waals surface area (Å²) in [6.45, 7) is 4.09. The molecule has 0 bridgehead atoms. The molecule has 1 aliphatic carbocycles. The van der Waals surface area contributed by atoms with Gasteiger partial charge in [0.15, 0.2) is 16.6 Å². The standard InChI is InChI=1S/C23H21N3O4S/c1-13-9-17(30-16-3-4-19(27)20(28)11-16)10-14(2)21(13)18-12-31-23(25-18)26-22(29)15-5-7-24-8-6-15/h3-13,21,27-28H,1-2H3,(H,25,26,29). The minimum Gasteiger partial charge on any atom is -0.504 e. The number of aromatic hydroxyl groups is 2. The van der Waals surface area contributed by atoms with Gasteiger partial charge in [-0.2, -0.15) is 0 Å². The Kier molecular flexibility index (Phi) is 5.73. The number of phenolic OH excluding ortho intramolecular Hbond substituents is 2. The Morgan fingerprint density at radius 3 is 2.65 bits per heavy atom. The molecule has 8 heteroatoms. The topological polar surface area (TPSA) is 105 Å². The Balaban J connectivity index is 1.47. The zero-order valence-corrected chi connectivity index (χ0v) is 17.8. The van der Waals surface area contributed by atoms with E-state index < -0.39 is 0 Å². The molecule has 1 aliphatic rings. The first-order valence-corrected chi connectivity index (χ1v) is 10.6. The van der Waals surface area contributed by atoms with Crippen molar-refractivity contribution >= 4 is 22.4 Å². The van der Waals surface area contributed by atoms with E-state index in [9.17, 15) is 15.0 Å². The highest BCUT2D eigenvalue weighted by molar-refractivity contribution is 7.14. The van der Waals surface area contributed by atoms with Crippen LogP contribution in [-0.2, 0) is 0 Å². The van der Waals surface area contributed by atoms with Crippen LogP contribution < -0.4 is 10.1 Å². The van der Waals surface area contributed by atoms with Crippen LogP contribution in [0, 0.1) is 5.92 Å². The van der Waals surface area contributed by atoms with Crippen LogP contribution in [0.25, 0.3) is 0 Å². The minimum atomic E-state index is -0.232. The summed E-state index contributed by atoms with van der Waals surface area (Å²) in [5.74, 6) is 0.614. The molecule has 1 aromatic carbocycles. The monoisotopic (exact) mass is 435 g/mol. The zero-order valence-electron chi connectivity index (χ0n) is 16.9. The van der Waals surface area contributed by atoms with Gasteiger partial charge in [-0.15, -0.1) is 11.3 Å². The van der Waals surface area contributed by atoms with E-state index in [2.05, 4.69) is 22.2 Å². The molecule has 31 heavy (non-hydrogen) atoms. The molecular weight excluding hydrogens is 414 g/mol. The number of carbonyl (C=O) groups is 1. The highest BCUT2D eigenvalue weighted by atomic mass is 32.1. The highest BCUT2D eigenvalue weighted by Crippen LogP contribution is 2.39. The van der Waals surface area contributed by atoms with Crippen molar-refractivity contribution in [3.05, 3.63) is 82.8 Å². The molecule has 3 aromatic rings. The van der Waals surface area contributed by atoms with Gasteiger partial charge < -0.3 is 14.9 Å². The van der Waals surface area contributed by atoms with Crippen LogP contribution in [0.4, 0.5) is 5.13 Å². The molecule has 7 nitrogen and oxygen atoms in total. The van der Waals surface area contributed by atoms with E-state index in [4.69, 9.17) is 4.74 Å². The third-order valence-corrected chi connectivity index (χ3v) is 5.78. The van der Waals surface area contributed by atoms with E-state index in [1.54, 1.807) is 30.6 Å². The third kappa shape index (κ3) is 4.59. The predicted molar refractivity (Wildman–Crippen MR) is 118 cm³/mol. The third-order valence-electron chi connectivity index (χ3n) is 5.00. The summed E-state index contributed by atoms with van der Waals surface area (Å²) in [7, 11) is 0. The van der Waals surface area contributed by atoms with Crippen molar-refractivity contribution in [2.75, 3.05) is 5.32 Å². The maximum Gasteiger partial charge on any atom is 0.257 e. The number of hydrogen-bond acceptors (Lipinski definition) is 7. The Morgan fingerprint density at radius 2 is 1.94 bits per heavy atom. The van der Waals surface area contributed by atoms with Crippen LogP contribution in [0.1, 0.15) is 35.8 Å². The molecule has 1 amide bonds. The number of hydrogen-bond donors (Lipinski definition) is 3. The van der Waals surface area contributed by atoms with Gasteiger partial charge >= 0.3 is 0 Å². The second kappa shape index (κ2) is 8.61. The molecule has 2 heterocycles. The fourth-order valence-electron chi connectivity index (χ4n) is 3.56. The summed E-state index contributed by atoms with van der Waals surface area (Å²) in [6.07, 6.45) is 7.08. The molecule has 4 rings (SSSR count). The maximum absolute atomic E-state index is 12.3. The first-order valence-electron chi connectivity index (χ1n) is 9.67. The number of allylic oxidation sites excluding steroid dienone is 3. The number of ether oxygens (including phenoxy) is 1. The van der Waals surface area contributed by atoms with Gasteiger partial charge in [0.25, 0.3) is 5.91 Å². The molecule has 0 saturated heterocycles. The first-order chi connectivity index (χ1) is 14.9. The molecule has 3 N–H and O–H groups in total. The van der Waals surface area contributed by atoms with Crippen molar-refractivity contribution < 1.29 is 19.7 Å². The summed E-state index contributed by atoms with van der Waals surface area (Å²) in [5, 5.41) is 24.4. The van der Waals surface area contributed by atoms with Crippen LogP contribution in [-0.4, -0.2) is 26.1 Å². The summed E-state index contributed by atoms with van der Waals surface area (Å²) in [5.41, 5.74) is 2.48. The lowest BCUT2D eigenvalue weighted by molar-refractivity contribution is 0.102. The van der Waals surface area contributed by atoms with E-state index >= 15 is 0 Å². The number of nitrogens with one attached hydrogen (secondary N) is 1. The first kappa shape index (κ1) is 20.6. The number of rotatable bonds is 5. The van der Waals surface area contributed by atoms with Gasteiger partial charge in [-0.3, -0.25) is 15.1 Å². The molecule has 0 saturated carbocycles. The van der Waals surface area contributed by atoms with Gasteiger partial charge in [0.1, 0.15) is 11.5 Å². The number of nitrogens with zero attached hydrogens (tertiary/aromatic N) is 2. The van der Waals surface area contributed by atoms with Gasteiger partial charge in [0, 0.05) is 35.3 Å². The Bertz CT molecular complexity index is 1170. The van der Waals surface area contributed by atoms with Gasteiger partial charge in [0.05, 0.1) is 5.69 Å². The summed E-state index contributed by atoms with van der Waals surface area (Å²) >= 11 is 1.39. The SMILES string of the molecule is CC1=CC(Oc2ccc(O)c(O)c2)=CC(C)C1c1csc(NC(=O)c2ccncc2)n1. The molecule has 2 atom stereocenters. The number of phenols is 2. The smallest absolute Gasteiger partial charge is 0.257 e. The van der Waals surface area contributed by atoms with Gasteiger partial charge in [-0.05, 0) is 49.3 Å². The Morgan fingerprint density at radius 1 is 1.16 bits per heavy atom. The minimum absolute atomic E-state index is 0.0587. The summed E-state index contributed by atoms with van der Waals surface area (Å²) < 4.78 is 5.86. The normalized spacial score (nSPS) is 18.1. The lowest BCUT2D eigenvalue weighted by atomic mass is 9.81. The second-order valence-corrected chi connectivity index (χ2v) is 8.17. The number of carbonyl (C=O) groups excluding carboxylic acids is 1. The highest BCUT2D eigenvalue weighted by Gasteiger charge is 2.27. The van der Waals surface area contributed by atoms with E-state index in [0.717, 1.165) is 11.3 Å². The number of benzene rings is 1. The van der Waals surface area contributed by atoms with Crippen molar-refractivity contribution in [1.29, 1.82) is 0 Å². The molecule has 0 aliphatic heterocycles. The van der Waals surface area contributed by atoms with Crippen molar-refractivity contribution in [1.82, 2.24) is 9.97 Å². The van der Waals surface area contributed by atoms with E-state index in [1.807, 2.05) is 24.5 Å². The summed E-state index contributed by atoms with van der Waals surface area (Å²) in [4.78, 5) is 20.9. The lowest BCUT2D eigenvalue weighted by Gasteiger charge is -2.26.